The Morgan fingerprint density at radius 1 is 1.10 bits per heavy atom. The summed E-state index contributed by atoms with van der Waals surface area (Å²) in [7, 11) is 0. The average molecular weight is 439 g/mol. The Bertz CT molecular complexity index is 1230. The Kier molecular flexibility index (Phi) is 5.83. The van der Waals surface area contributed by atoms with Crippen LogP contribution >= 0.6 is 22.9 Å². The van der Waals surface area contributed by atoms with Gasteiger partial charge in [-0.25, -0.2) is 0 Å². The summed E-state index contributed by atoms with van der Waals surface area (Å²) >= 11 is 7.40. The van der Waals surface area contributed by atoms with Gasteiger partial charge in [-0.1, -0.05) is 54.1 Å². The number of H-pyrrole nitrogens is 1. The molecule has 2 heterocycles. The minimum absolute atomic E-state index is 0.147. The van der Waals surface area contributed by atoms with E-state index >= 15 is 0 Å². The number of carbonyl (C=O) groups is 2. The van der Waals surface area contributed by atoms with Gasteiger partial charge in [0.05, 0.1) is 16.7 Å². The summed E-state index contributed by atoms with van der Waals surface area (Å²) in [4.78, 5) is 26.2. The Labute approximate surface area is 182 Å². The number of halogens is 1. The molecule has 0 aliphatic rings. The number of nitrogens with zero attached hydrogens (tertiary/aromatic N) is 1. The molecular formula is C22H19ClN4O2S. The lowest BCUT2D eigenvalue weighted by Crippen LogP contribution is -2.22. The first-order chi connectivity index (χ1) is 14.5. The van der Waals surface area contributed by atoms with Crippen molar-refractivity contribution in [1.29, 1.82) is 0 Å². The third-order valence-corrected chi connectivity index (χ3v) is 6.15. The lowest BCUT2D eigenvalue weighted by atomic mass is 10.1. The molecule has 2 amide bonds. The highest BCUT2D eigenvalue weighted by Gasteiger charge is 2.17. The van der Waals surface area contributed by atoms with Crippen molar-refractivity contribution in [2.24, 2.45) is 0 Å². The minimum Gasteiger partial charge on any atom is -0.347 e. The fraction of sp³-hybridized carbons (Fsp3) is 0.136. The van der Waals surface area contributed by atoms with E-state index in [0.717, 1.165) is 16.7 Å². The summed E-state index contributed by atoms with van der Waals surface area (Å²) in [5.74, 6) is 0.0799. The molecule has 3 N–H and O–H groups in total. The number of aryl methyl sites for hydroxylation is 1. The first kappa shape index (κ1) is 20.1. The summed E-state index contributed by atoms with van der Waals surface area (Å²) in [6.07, 6.45) is 0.147. The number of aromatic amines is 1. The average Bonchev–Trinajstić information content (AvgIpc) is 3.31. The van der Waals surface area contributed by atoms with E-state index in [-0.39, 0.29) is 18.2 Å². The Morgan fingerprint density at radius 2 is 1.83 bits per heavy atom. The van der Waals surface area contributed by atoms with Gasteiger partial charge in [-0.05, 0) is 35.7 Å². The number of benzene rings is 2. The van der Waals surface area contributed by atoms with Gasteiger partial charge in [-0.2, -0.15) is 5.10 Å². The molecule has 0 unspecified atom stereocenters. The van der Waals surface area contributed by atoms with E-state index in [9.17, 15) is 9.59 Å². The van der Waals surface area contributed by atoms with Crippen LogP contribution in [-0.4, -0.2) is 22.0 Å². The molecule has 2 aromatic heterocycles. The van der Waals surface area contributed by atoms with Gasteiger partial charge in [0.1, 0.15) is 10.6 Å². The fourth-order valence-electron chi connectivity index (χ4n) is 3.09. The maximum atomic E-state index is 12.6. The Balaban J connectivity index is 1.44. The molecule has 0 saturated heterocycles. The zero-order valence-electron chi connectivity index (χ0n) is 16.2. The second-order valence-electron chi connectivity index (χ2n) is 6.85. The van der Waals surface area contributed by atoms with Gasteiger partial charge in [0.25, 0.3) is 5.91 Å². The van der Waals surface area contributed by atoms with Crippen molar-refractivity contribution in [1.82, 2.24) is 15.5 Å². The van der Waals surface area contributed by atoms with E-state index in [4.69, 9.17) is 11.6 Å². The summed E-state index contributed by atoms with van der Waals surface area (Å²) in [5.41, 5.74) is 2.94. The molecule has 0 aliphatic carbocycles. The molecule has 6 nitrogen and oxygen atoms in total. The van der Waals surface area contributed by atoms with Crippen LogP contribution in [0.1, 0.15) is 26.4 Å². The van der Waals surface area contributed by atoms with E-state index in [1.54, 1.807) is 12.1 Å². The monoisotopic (exact) mass is 438 g/mol. The summed E-state index contributed by atoms with van der Waals surface area (Å²) in [5, 5.41) is 14.0. The van der Waals surface area contributed by atoms with Crippen molar-refractivity contribution < 1.29 is 9.59 Å². The molecule has 4 rings (SSSR count). The van der Waals surface area contributed by atoms with Gasteiger partial charge in [0, 0.05) is 11.6 Å². The molecule has 0 saturated carbocycles. The van der Waals surface area contributed by atoms with E-state index in [1.165, 1.54) is 11.3 Å². The maximum Gasteiger partial charge on any atom is 0.261 e. The second-order valence-corrected chi connectivity index (χ2v) is 8.29. The van der Waals surface area contributed by atoms with Gasteiger partial charge in [0.2, 0.25) is 5.91 Å². The number of hydrogen-bond donors (Lipinski definition) is 3. The molecule has 4 aromatic rings. The molecular weight excluding hydrogens is 420 g/mol. The first-order valence-electron chi connectivity index (χ1n) is 9.35. The van der Waals surface area contributed by atoms with E-state index in [0.29, 0.717) is 32.5 Å². The topological polar surface area (TPSA) is 86.9 Å². The molecule has 0 atom stereocenters. The van der Waals surface area contributed by atoms with E-state index < -0.39 is 0 Å². The number of nitrogens with one attached hydrogen (secondary N) is 3. The van der Waals surface area contributed by atoms with Gasteiger partial charge >= 0.3 is 0 Å². The van der Waals surface area contributed by atoms with Crippen LogP contribution in [0.15, 0.2) is 54.6 Å². The minimum atomic E-state index is -0.217. The molecule has 8 heteroatoms. The van der Waals surface area contributed by atoms with Crippen LogP contribution in [0.2, 0.25) is 5.02 Å². The lowest BCUT2D eigenvalue weighted by molar-refractivity contribution is -0.115. The quantitative estimate of drug-likeness (QED) is 0.408. The molecule has 0 fully saturated rings. The largest absolute Gasteiger partial charge is 0.347 e. The molecule has 0 aliphatic heterocycles. The predicted octanol–water partition coefficient (Wildman–Crippen LogP) is 4.70. The number of amides is 2. The number of rotatable bonds is 6. The first-order valence-corrected chi connectivity index (χ1v) is 10.5. The molecule has 0 radical (unpaired) electrons. The SMILES string of the molecule is Cc1ccccc1CNC(=O)c1cc2c(NC(=O)Cc3ccccc3Cl)[nH]nc2s1. The predicted molar refractivity (Wildman–Crippen MR) is 120 cm³/mol. The lowest BCUT2D eigenvalue weighted by Gasteiger charge is -2.06. The highest BCUT2D eigenvalue weighted by molar-refractivity contribution is 7.20. The molecule has 0 spiro atoms. The van der Waals surface area contributed by atoms with Crippen LogP contribution in [0.25, 0.3) is 10.2 Å². The Hall–Kier alpha value is -3.16. The van der Waals surface area contributed by atoms with Crippen molar-refractivity contribution in [3.05, 3.63) is 81.2 Å². The number of thiophene rings is 1. The number of aromatic nitrogens is 2. The normalized spacial score (nSPS) is 10.9. The van der Waals surface area contributed by atoms with Crippen molar-refractivity contribution in [3.63, 3.8) is 0 Å². The van der Waals surface area contributed by atoms with Gasteiger partial charge in [0.15, 0.2) is 0 Å². The zero-order chi connectivity index (χ0) is 21.1. The standard InChI is InChI=1S/C22H19ClN4O2S/c1-13-6-2-3-8-15(13)12-24-21(29)18-11-16-20(26-27-22(16)30-18)25-19(28)10-14-7-4-5-9-17(14)23/h2-9,11H,10,12H2,1H3,(H,24,29)(H2,25,26,27,28). The van der Waals surface area contributed by atoms with Crippen molar-refractivity contribution in [2.45, 2.75) is 19.9 Å². The van der Waals surface area contributed by atoms with E-state index in [1.807, 2.05) is 49.4 Å². The fourth-order valence-corrected chi connectivity index (χ4v) is 4.20. The summed E-state index contributed by atoms with van der Waals surface area (Å²) in [6.45, 7) is 2.47. The summed E-state index contributed by atoms with van der Waals surface area (Å²) < 4.78 is 0. The number of fused-ring (bicyclic) bond motifs is 1. The van der Waals surface area contributed by atoms with Crippen LogP contribution in [-0.2, 0) is 17.8 Å². The smallest absolute Gasteiger partial charge is 0.261 e. The summed E-state index contributed by atoms with van der Waals surface area (Å²) in [6, 6.07) is 16.9. The number of anilines is 1. The van der Waals surface area contributed by atoms with E-state index in [2.05, 4.69) is 20.8 Å². The van der Waals surface area contributed by atoms with Crippen molar-refractivity contribution >= 4 is 50.8 Å². The third-order valence-electron chi connectivity index (χ3n) is 4.75. The number of carbonyl (C=O) groups excluding carboxylic acids is 2. The Morgan fingerprint density at radius 3 is 2.60 bits per heavy atom. The van der Waals surface area contributed by atoms with Crippen LogP contribution in [0.4, 0.5) is 5.82 Å². The van der Waals surface area contributed by atoms with Crippen molar-refractivity contribution in [3.8, 4) is 0 Å². The maximum absolute atomic E-state index is 12.6. The van der Waals surface area contributed by atoms with Crippen LogP contribution in [0.3, 0.4) is 0 Å². The van der Waals surface area contributed by atoms with Crippen LogP contribution < -0.4 is 10.6 Å². The molecule has 2 aromatic carbocycles. The van der Waals surface area contributed by atoms with Crippen LogP contribution in [0, 0.1) is 6.92 Å². The highest BCUT2D eigenvalue weighted by atomic mass is 35.5. The van der Waals surface area contributed by atoms with Gasteiger partial charge < -0.3 is 10.6 Å². The second kappa shape index (κ2) is 8.69. The molecule has 0 bridgehead atoms. The highest BCUT2D eigenvalue weighted by Crippen LogP contribution is 2.29. The van der Waals surface area contributed by atoms with Gasteiger partial charge in [-0.3, -0.25) is 14.7 Å². The van der Waals surface area contributed by atoms with Crippen LogP contribution in [0.5, 0.6) is 0 Å². The number of hydrogen-bond acceptors (Lipinski definition) is 4. The zero-order valence-corrected chi connectivity index (χ0v) is 17.7. The third kappa shape index (κ3) is 4.37. The molecule has 30 heavy (non-hydrogen) atoms. The molecule has 152 valence electrons. The van der Waals surface area contributed by atoms with Gasteiger partial charge in [-0.15, -0.1) is 11.3 Å². The van der Waals surface area contributed by atoms with Crippen molar-refractivity contribution in [2.75, 3.05) is 5.32 Å².